The highest BCUT2D eigenvalue weighted by atomic mass is 16.3. The molecule has 0 spiro atoms. The van der Waals surface area contributed by atoms with Gasteiger partial charge in [-0.05, 0) is 29.2 Å². The van der Waals surface area contributed by atoms with Crippen molar-refractivity contribution in [3.05, 3.63) is 54.9 Å². The Labute approximate surface area is 135 Å². The molecule has 0 unspecified atom stereocenters. The molecule has 1 N–H and O–H groups in total. The van der Waals surface area contributed by atoms with Gasteiger partial charge in [0, 0.05) is 31.0 Å². The van der Waals surface area contributed by atoms with Gasteiger partial charge in [0.1, 0.15) is 0 Å². The molecule has 4 heteroatoms. The molecule has 1 aliphatic heterocycles. The Bertz CT molecular complexity index is 803. The van der Waals surface area contributed by atoms with Gasteiger partial charge in [0.2, 0.25) is 5.95 Å². The minimum absolute atomic E-state index is 0.179. The lowest BCUT2D eigenvalue weighted by molar-refractivity contribution is 0.145. The van der Waals surface area contributed by atoms with E-state index in [2.05, 4.69) is 57.3 Å². The van der Waals surface area contributed by atoms with Crippen molar-refractivity contribution in [2.75, 3.05) is 18.0 Å². The van der Waals surface area contributed by atoms with E-state index in [1.807, 2.05) is 12.4 Å². The van der Waals surface area contributed by atoms with Crippen LogP contribution in [0.2, 0.25) is 0 Å². The molecule has 23 heavy (non-hydrogen) atoms. The van der Waals surface area contributed by atoms with E-state index in [9.17, 15) is 5.11 Å². The normalized spacial score (nSPS) is 16.0. The lowest BCUT2D eigenvalue weighted by atomic mass is 10.0. The zero-order valence-electron chi connectivity index (χ0n) is 12.9. The van der Waals surface area contributed by atoms with Crippen molar-refractivity contribution in [3.63, 3.8) is 0 Å². The van der Waals surface area contributed by atoms with E-state index in [1.54, 1.807) is 0 Å². The van der Waals surface area contributed by atoms with E-state index >= 15 is 0 Å². The summed E-state index contributed by atoms with van der Waals surface area (Å²) in [5.41, 5.74) is 2.19. The van der Waals surface area contributed by atoms with Gasteiger partial charge in [0.15, 0.2) is 0 Å². The van der Waals surface area contributed by atoms with Crippen molar-refractivity contribution in [1.29, 1.82) is 0 Å². The summed E-state index contributed by atoms with van der Waals surface area (Å²) in [7, 11) is 0. The van der Waals surface area contributed by atoms with E-state index in [4.69, 9.17) is 0 Å². The number of piperidine rings is 1. The first-order valence-corrected chi connectivity index (χ1v) is 8.04. The summed E-state index contributed by atoms with van der Waals surface area (Å²) in [4.78, 5) is 11.2. The second-order valence-electron chi connectivity index (χ2n) is 6.02. The number of aliphatic hydroxyl groups is 1. The van der Waals surface area contributed by atoms with Crippen molar-refractivity contribution in [1.82, 2.24) is 9.97 Å². The molecule has 3 aromatic rings. The SMILES string of the molecule is OC1CCN(c2ncc(-c3cccc4ccccc34)cn2)CC1. The standard InChI is InChI=1S/C19H19N3O/c23-16-8-10-22(11-9-16)19-20-12-15(13-21-19)18-7-3-5-14-4-1-2-6-17(14)18/h1-7,12-13,16,23H,8-11H2. The maximum Gasteiger partial charge on any atom is 0.225 e. The van der Waals surface area contributed by atoms with Crippen molar-refractivity contribution in [2.45, 2.75) is 18.9 Å². The van der Waals surface area contributed by atoms with Crippen molar-refractivity contribution >= 4 is 16.7 Å². The van der Waals surface area contributed by atoms with Crippen LogP contribution >= 0.6 is 0 Å². The molecule has 0 bridgehead atoms. The summed E-state index contributed by atoms with van der Waals surface area (Å²) in [5.74, 6) is 0.751. The van der Waals surface area contributed by atoms with E-state index in [-0.39, 0.29) is 6.10 Å². The van der Waals surface area contributed by atoms with E-state index < -0.39 is 0 Å². The van der Waals surface area contributed by atoms with E-state index in [1.165, 1.54) is 10.8 Å². The van der Waals surface area contributed by atoms with Crippen molar-refractivity contribution in [2.24, 2.45) is 0 Å². The van der Waals surface area contributed by atoms with E-state index in [0.29, 0.717) is 0 Å². The quantitative estimate of drug-likeness (QED) is 0.789. The minimum Gasteiger partial charge on any atom is -0.393 e. The predicted molar refractivity (Wildman–Crippen MR) is 92.4 cm³/mol. The molecule has 2 aromatic carbocycles. The second-order valence-corrected chi connectivity index (χ2v) is 6.02. The van der Waals surface area contributed by atoms with Crippen LogP contribution in [0.15, 0.2) is 54.9 Å². The Hall–Kier alpha value is -2.46. The Kier molecular flexibility index (Phi) is 3.67. The summed E-state index contributed by atoms with van der Waals surface area (Å²) >= 11 is 0. The molecule has 0 amide bonds. The fourth-order valence-electron chi connectivity index (χ4n) is 3.17. The highest BCUT2D eigenvalue weighted by Crippen LogP contribution is 2.28. The zero-order valence-corrected chi connectivity index (χ0v) is 12.9. The third-order valence-corrected chi connectivity index (χ3v) is 4.49. The maximum atomic E-state index is 9.60. The summed E-state index contributed by atoms with van der Waals surface area (Å²) in [5, 5.41) is 12.0. The number of benzene rings is 2. The molecule has 0 saturated carbocycles. The van der Waals surface area contributed by atoms with Crippen molar-refractivity contribution < 1.29 is 5.11 Å². The molecule has 0 atom stereocenters. The van der Waals surface area contributed by atoms with Gasteiger partial charge in [-0.25, -0.2) is 9.97 Å². The monoisotopic (exact) mass is 305 g/mol. The van der Waals surface area contributed by atoms with Crippen LogP contribution in [-0.2, 0) is 0 Å². The number of aromatic nitrogens is 2. The van der Waals surface area contributed by atoms with Crippen molar-refractivity contribution in [3.8, 4) is 11.1 Å². The van der Waals surface area contributed by atoms with Gasteiger partial charge in [0.05, 0.1) is 6.10 Å². The van der Waals surface area contributed by atoms with E-state index in [0.717, 1.165) is 43.0 Å². The fourth-order valence-corrected chi connectivity index (χ4v) is 3.17. The van der Waals surface area contributed by atoms with Gasteiger partial charge in [-0.1, -0.05) is 42.5 Å². The van der Waals surface area contributed by atoms with Crippen LogP contribution in [0.4, 0.5) is 5.95 Å². The molecule has 1 aromatic heterocycles. The molecule has 1 fully saturated rings. The average molecular weight is 305 g/mol. The molecule has 4 nitrogen and oxygen atoms in total. The second kappa shape index (κ2) is 5.97. The third kappa shape index (κ3) is 2.78. The summed E-state index contributed by atoms with van der Waals surface area (Å²) in [6.45, 7) is 1.63. The van der Waals surface area contributed by atoms with Gasteiger partial charge in [-0.3, -0.25) is 0 Å². The van der Waals surface area contributed by atoms with Crippen LogP contribution in [0.3, 0.4) is 0 Å². The number of rotatable bonds is 2. The Morgan fingerprint density at radius 2 is 1.61 bits per heavy atom. The number of hydrogen-bond acceptors (Lipinski definition) is 4. The van der Waals surface area contributed by atoms with Gasteiger partial charge in [-0.2, -0.15) is 0 Å². The van der Waals surface area contributed by atoms with Gasteiger partial charge in [-0.15, -0.1) is 0 Å². The molecular weight excluding hydrogens is 286 g/mol. The fraction of sp³-hybridized carbons (Fsp3) is 0.263. The number of hydrogen-bond donors (Lipinski definition) is 1. The first-order chi connectivity index (χ1) is 11.3. The van der Waals surface area contributed by atoms with Gasteiger partial charge in [0.25, 0.3) is 0 Å². The summed E-state index contributed by atoms with van der Waals surface area (Å²) in [6, 6.07) is 14.6. The smallest absolute Gasteiger partial charge is 0.225 e. The largest absolute Gasteiger partial charge is 0.393 e. The molecule has 1 aliphatic rings. The Morgan fingerprint density at radius 1 is 0.913 bits per heavy atom. The van der Waals surface area contributed by atoms with Crippen LogP contribution in [0.1, 0.15) is 12.8 Å². The third-order valence-electron chi connectivity index (χ3n) is 4.49. The first kappa shape index (κ1) is 14.2. The van der Waals surface area contributed by atoms with Gasteiger partial charge < -0.3 is 10.0 Å². The number of anilines is 1. The lowest BCUT2D eigenvalue weighted by Gasteiger charge is -2.29. The number of nitrogens with zero attached hydrogens (tertiary/aromatic N) is 3. The van der Waals surface area contributed by atoms with Crippen LogP contribution in [0.25, 0.3) is 21.9 Å². The molecule has 0 aliphatic carbocycles. The molecule has 2 heterocycles. The van der Waals surface area contributed by atoms with Crippen LogP contribution in [-0.4, -0.2) is 34.3 Å². The molecule has 1 saturated heterocycles. The summed E-state index contributed by atoms with van der Waals surface area (Å²) < 4.78 is 0. The minimum atomic E-state index is -0.179. The van der Waals surface area contributed by atoms with Crippen LogP contribution in [0.5, 0.6) is 0 Å². The molecule has 0 radical (unpaired) electrons. The number of fused-ring (bicyclic) bond motifs is 1. The topological polar surface area (TPSA) is 49.2 Å². The Morgan fingerprint density at radius 3 is 2.39 bits per heavy atom. The highest BCUT2D eigenvalue weighted by molar-refractivity contribution is 5.96. The first-order valence-electron chi connectivity index (χ1n) is 8.04. The van der Waals surface area contributed by atoms with Gasteiger partial charge >= 0.3 is 0 Å². The zero-order chi connectivity index (χ0) is 15.6. The maximum absolute atomic E-state index is 9.60. The van der Waals surface area contributed by atoms with Crippen LogP contribution < -0.4 is 4.90 Å². The average Bonchev–Trinajstić information content (AvgIpc) is 2.62. The number of aliphatic hydroxyl groups excluding tert-OH is 1. The molecule has 4 rings (SSSR count). The molecule has 116 valence electrons. The highest BCUT2D eigenvalue weighted by Gasteiger charge is 2.19. The summed E-state index contributed by atoms with van der Waals surface area (Å²) in [6.07, 6.45) is 5.19. The Balaban J connectivity index is 1.65. The molecular formula is C19H19N3O. The lowest BCUT2D eigenvalue weighted by Crippen LogP contribution is -2.36. The van der Waals surface area contributed by atoms with Crippen LogP contribution in [0, 0.1) is 0 Å². The predicted octanol–water partition coefficient (Wildman–Crippen LogP) is 3.26.